The van der Waals surface area contributed by atoms with Gasteiger partial charge < -0.3 is 19.5 Å². The van der Waals surface area contributed by atoms with Gasteiger partial charge in [-0.25, -0.2) is 0 Å². The van der Waals surface area contributed by atoms with Gasteiger partial charge in [-0.05, 0) is 54.5 Å². The first-order valence-electron chi connectivity index (χ1n) is 9.60. The first-order valence-corrected chi connectivity index (χ1v) is 9.60. The number of anilines is 1. The normalized spacial score (nSPS) is 10.7. The monoisotopic (exact) mass is 383 g/mol. The number of carbonyl (C=O) groups excluding carboxylic acids is 1. The maximum atomic E-state index is 12.1. The van der Waals surface area contributed by atoms with Crippen LogP contribution in [0.15, 0.2) is 48.5 Å². The summed E-state index contributed by atoms with van der Waals surface area (Å²) >= 11 is 0. The molecule has 0 aliphatic carbocycles. The fraction of sp³-hybridized carbons (Fsp3) is 0.348. The Hall–Kier alpha value is -2.95. The van der Waals surface area contributed by atoms with Crippen molar-refractivity contribution in [2.45, 2.75) is 32.6 Å². The van der Waals surface area contributed by atoms with Crippen molar-refractivity contribution < 1.29 is 19.0 Å². The van der Waals surface area contributed by atoms with Crippen LogP contribution in [0.1, 0.15) is 38.2 Å². The van der Waals surface area contributed by atoms with E-state index in [1.54, 1.807) is 26.4 Å². The number of hydrogen-bond donors (Lipinski definition) is 1. The van der Waals surface area contributed by atoms with Crippen LogP contribution in [0.4, 0.5) is 5.69 Å². The lowest BCUT2D eigenvalue weighted by Gasteiger charge is -2.08. The largest absolute Gasteiger partial charge is 0.494 e. The van der Waals surface area contributed by atoms with Gasteiger partial charge in [0, 0.05) is 11.8 Å². The van der Waals surface area contributed by atoms with Crippen LogP contribution < -0.4 is 19.5 Å². The summed E-state index contributed by atoms with van der Waals surface area (Å²) in [4.78, 5) is 12.1. The van der Waals surface area contributed by atoms with E-state index in [4.69, 9.17) is 14.2 Å². The average Bonchev–Trinajstić information content (AvgIpc) is 2.73. The smallest absolute Gasteiger partial charge is 0.248 e. The van der Waals surface area contributed by atoms with Crippen molar-refractivity contribution in [1.29, 1.82) is 0 Å². The minimum Gasteiger partial charge on any atom is -0.494 e. The zero-order valence-corrected chi connectivity index (χ0v) is 16.9. The van der Waals surface area contributed by atoms with Gasteiger partial charge in [0.15, 0.2) is 11.5 Å². The molecule has 2 aromatic carbocycles. The molecule has 150 valence electrons. The summed E-state index contributed by atoms with van der Waals surface area (Å²) in [5, 5.41) is 2.84. The number of unbranched alkanes of at least 4 members (excludes halogenated alkanes) is 3. The second-order valence-corrected chi connectivity index (χ2v) is 6.37. The molecule has 0 radical (unpaired) electrons. The number of rotatable bonds is 11. The van der Waals surface area contributed by atoms with Crippen molar-refractivity contribution in [3.63, 3.8) is 0 Å². The third-order valence-electron chi connectivity index (χ3n) is 4.22. The summed E-state index contributed by atoms with van der Waals surface area (Å²) in [6.45, 7) is 2.91. The molecule has 0 atom stereocenters. The molecule has 28 heavy (non-hydrogen) atoms. The molecule has 0 unspecified atom stereocenters. The van der Waals surface area contributed by atoms with Gasteiger partial charge in [0.1, 0.15) is 5.75 Å². The van der Waals surface area contributed by atoms with Crippen LogP contribution in [0.25, 0.3) is 6.08 Å². The van der Waals surface area contributed by atoms with Gasteiger partial charge in [-0.1, -0.05) is 32.3 Å². The van der Waals surface area contributed by atoms with E-state index >= 15 is 0 Å². The van der Waals surface area contributed by atoms with Gasteiger partial charge in [0.2, 0.25) is 5.91 Å². The van der Waals surface area contributed by atoms with E-state index in [1.165, 1.54) is 25.3 Å². The van der Waals surface area contributed by atoms with Crippen LogP contribution in [-0.2, 0) is 4.79 Å². The first kappa shape index (κ1) is 21.4. The van der Waals surface area contributed by atoms with Gasteiger partial charge in [-0.15, -0.1) is 0 Å². The fourth-order valence-corrected chi connectivity index (χ4v) is 2.67. The molecule has 5 heteroatoms. The predicted octanol–water partition coefficient (Wildman–Crippen LogP) is 5.31. The SMILES string of the molecule is CCCCCCOc1ccc(NC(=O)C=Cc2ccc(OC)c(OC)c2)cc1. The van der Waals surface area contributed by atoms with Gasteiger partial charge in [-0.2, -0.15) is 0 Å². The highest BCUT2D eigenvalue weighted by atomic mass is 16.5. The lowest BCUT2D eigenvalue weighted by molar-refractivity contribution is -0.111. The summed E-state index contributed by atoms with van der Waals surface area (Å²) in [5.74, 6) is 1.88. The van der Waals surface area contributed by atoms with Crippen molar-refractivity contribution in [3.8, 4) is 17.2 Å². The summed E-state index contributed by atoms with van der Waals surface area (Å²) in [5.41, 5.74) is 1.57. The second kappa shape index (κ2) is 11.7. The molecule has 0 fully saturated rings. The van der Waals surface area contributed by atoms with Crippen LogP contribution in [0.2, 0.25) is 0 Å². The number of carbonyl (C=O) groups is 1. The van der Waals surface area contributed by atoms with Gasteiger partial charge >= 0.3 is 0 Å². The lowest BCUT2D eigenvalue weighted by Crippen LogP contribution is -2.07. The molecule has 2 aromatic rings. The van der Waals surface area contributed by atoms with E-state index in [0.717, 1.165) is 30.0 Å². The Kier molecular flexibility index (Phi) is 8.92. The molecule has 0 bridgehead atoms. The van der Waals surface area contributed by atoms with Crippen molar-refractivity contribution in [2.75, 3.05) is 26.1 Å². The Bertz CT molecular complexity index is 769. The predicted molar refractivity (Wildman–Crippen MR) is 113 cm³/mol. The lowest BCUT2D eigenvalue weighted by atomic mass is 10.2. The molecule has 0 aliphatic heterocycles. The Morgan fingerprint density at radius 2 is 1.71 bits per heavy atom. The van der Waals surface area contributed by atoms with Crippen molar-refractivity contribution in [1.82, 2.24) is 0 Å². The van der Waals surface area contributed by atoms with Crippen molar-refractivity contribution in [2.24, 2.45) is 0 Å². The highest BCUT2D eigenvalue weighted by Crippen LogP contribution is 2.28. The van der Waals surface area contributed by atoms with E-state index in [0.29, 0.717) is 11.5 Å². The first-order chi connectivity index (χ1) is 13.7. The Labute approximate surface area is 167 Å². The number of hydrogen-bond acceptors (Lipinski definition) is 4. The summed E-state index contributed by atoms with van der Waals surface area (Å²) < 4.78 is 16.2. The molecule has 0 spiro atoms. The Morgan fingerprint density at radius 3 is 2.39 bits per heavy atom. The molecule has 5 nitrogen and oxygen atoms in total. The quantitative estimate of drug-likeness (QED) is 0.422. The Balaban J connectivity index is 1.84. The van der Waals surface area contributed by atoms with E-state index in [2.05, 4.69) is 12.2 Å². The summed E-state index contributed by atoms with van der Waals surface area (Å²) in [6, 6.07) is 12.9. The molecular weight excluding hydrogens is 354 g/mol. The molecular formula is C23H29NO4. The molecule has 1 amide bonds. The second-order valence-electron chi connectivity index (χ2n) is 6.37. The molecule has 0 saturated heterocycles. The zero-order chi connectivity index (χ0) is 20.2. The van der Waals surface area contributed by atoms with Crippen LogP contribution in [-0.4, -0.2) is 26.7 Å². The third-order valence-corrected chi connectivity index (χ3v) is 4.22. The van der Waals surface area contributed by atoms with Crippen molar-refractivity contribution >= 4 is 17.7 Å². The molecule has 0 aromatic heterocycles. The van der Waals surface area contributed by atoms with Crippen LogP contribution in [0, 0.1) is 0 Å². The van der Waals surface area contributed by atoms with Gasteiger partial charge in [0.05, 0.1) is 20.8 Å². The minimum absolute atomic E-state index is 0.206. The van der Waals surface area contributed by atoms with Gasteiger partial charge in [0.25, 0.3) is 0 Å². The van der Waals surface area contributed by atoms with Crippen molar-refractivity contribution in [3.05, 3.63) is 54.1 Å². The minimum atomic E-state index is -0.206. The van der Waals surface area contributed by atoms with Crippen LogP contribution in [0.5, 0.6) is 17.2 Å². The number of amides is 1. The standard InChI is InChI=1S/C23H29NO4/c1-4-5-6-7-16-28-20-12-10-19(11-13-20)24-23(25)15-9-18-8-14-21(26-2)22(17-18)27-3/h8-15,17H,4-7,16H2,1-3H3,(H,24,25). The van der Waals surface area contributed by atoms with Crippen LogP contribution >= 0.6 is 0 Å². The molecule has 2 rings (SSSR count). The zero-order valence-electron chi connectivity index (χ0n) is 16.9. The third kappa shape index (κ3) is 6.99. The number of methoxy groups -OCH3 is 2. The summed E-state index contributed by atoms with van der Waals surface area (Å²) in [7, 11) is 3.17. The highest BCUT2D eigenvalue weighted by molar-refractivity contribution is 6.01. The average molecular weight is 383 g/mol. The molecule has 0 aliphatic rings. The number of nitrogens with one attached hydrogen (secondary N) is 1. The number of ether oxygens (including phenoxy) is 3. The fourth-order valence-electron chi connectivity index (χ4n) is 2.67. The molecule has 0 saturated carbocycles. The maximum absolute atomic E-state index is 12.1. The summed E-state index contributed by atoms with van der Waals surface area (Å²) in [6.07, 6.45) is 7.93. The van der Waals surface area contributed by atoms with E-state index in [9.17, 15) is 4.79 Å². The van der Waals surface area contributed by atoms with E-state index < -0.39 is 0 Å². The van der Waals surface area contributed by atoms with E-state index in [-0.39, 0.29) is 5.91 Å². The molecule has 0 heterocycles. The topological polar surface area (TPSA) is 56.8 Å². The maximum Gasteiger partial charge on any atom is 0.248 e. The highest BCUT2D eigenvalue weighted by Gasteiger charge is 2.04. The van der Waals surface area contributed by atoms with E-state index in [1.807, 2.05) is 36.4 Å². The molecule has 1 N–H and O–H groups in total. The van der Waals surface area contributed by atoms with Crippen LogP contribution in [0.3, 0.4) is 0 Å². The number of benzene rings is 2. The Morgan fingerprint density at radius 1 is 0.964 bits per heavy atom. The van der Waals surface area contributed by atoms with Gasteiger partial charge in [-0.3, -0.25) is 4.79 Å².